The number of nitrogens with zero attached hydrogens (tertiary/aromatic N) is 5. The molecule has 2 bridgehead atoms. The van der Waals surface area contributed by atoms with Crippen molar-refractivity contribution >= 4 is 0 Å². The van der Waals surface area contributed by atoms with E-state index in [1.807, 2.05) is 22.9 Å². The van der Waals surface area contributed by atoms with E-state index in [9.17, 15) is 0 Å². The summed E-state index contributed by atoms with van der Waals surface area (Å²) in [6.07, 6.45) is 9.41. The second kappa shape index (κ2) is 9.95. The molecular formula is C31H34N6O. The number of hydrogen-bond acceptors (Lipinski definition) is 6. The number of benzene rings is 2. The maximum absolute atomic E-state index is 6.04. The van der Waals surface area contributed by atoms with Gasteiger partial charge in [-0.3, -0.25) is 4.98 Å². The van der Waals surface area contributed by atoms with Crippen LogP contribution in [0.4, 0.5) is 0 Å². The smallest absolute Gasteiger partial charge is 0.182 e. The quantitative estimate of drug-likeness (QED) is 0.355. The molecule has 7 heteroatoms. The number of pyridine rings is 1. The predicted octanol–water partition coefficient (Wildman–Crippen LogP) is 5.17. The van der Waals surface area contributed by atoms with Crippen molar-refractivity contribution in [3.63, 3.8) is 0 Å². The first kappa shape index (κ1) is 23.5. The Labute approximate surface area is 223 Å². The summed E-state index contributed by atoms with van der Waals surface area (Å²) in [5.74, 6) is 3.22. The first-order valence-corrected chi connectivity index (χ1v) is 14.0. The molecule has 0 unspecified atom stereocenters. The highest BCUT2D eigenvalue weighted by atomic mass is 16.5. The van der Waals surface area contributed by atoms with Crippen molar-refractivity contribution in [3.05, 3.63) is 89.7 Å². The van der Waals surface area contributed by atoms with Crippen LogP contribution in [0.3, 0.4) is 0 Å². The fourth-order valence-electron chi connectivity index (χ4n) is 7.27. The largest absolute Gasteiger partial charge is 0.487 e. The molecule has 194 valence electrons. The van der Waals surface area contributed by atoms with Crippen molar-refractivity contribution in [1.82, 2.24) is 30.5 Å². The second-order valence-corrected chi connectivity index (χ2v) is 11.2. The average molecular weight is 507 g/mol. The molecule has 2 saturated carbocycles. The first-order valence-electron chi connectivity index (χ1n) is 14.0. The minimum atomic E-state index is 0.0562. The molecule has 38 heavy (non-hydrogen) atoms. The number of ether oxygens (including phenoxy) is 1. The van der Waals surface area contributed by atoms with Crippen LogP contribution in [0.2, 0.25) is 0 Å². The highest BCUT2D eigenvalue weighted by Gasteiger charge is 2.52. The molecule has 0 amide bonds. The normalized spacial score (nSPS) is 26.2. The van der Waals surface area contributed by atoms with E-state index >= 15 is 0 Å². The molecule has 0 radical (unpaired) electrons. The van der Waals surface area contributed by atoms with Gasteiger partial charge in [0.1, 0.15) is 12.4 Å². The van der Waals surface area contributed by atoms with E-state index in [0.717, 1.165) is 41.8 Å². The maximum atomic E-state index is 6.04. The zero-order valence-electron chi connectivity index (χ0n) is 21.7. The Morgan fingerprint density at radius 3 is 2.47 bits per heavy atom. The average Bonchev–Trinajstić information content (AvgIpc) is 3.79. The van der Waals surface area contributed by atoms with Gasteiger partial charge in [0.25, 0.3) is 0 Å². The van der Waals surface area contributed by atoms with Crippen LogP contribution in [0.5, 0.6) is 5.75 Å². The zero-order valence-corrected chi connectivity index (χ0v) is 21.7. The highest BCUT2D eigenvalue weighted by Crippen LogP contribution is 2.60. The lowest BCUT2D eigenvalue weighted by molar-refractivity contribution is 0.299. The van der Waals surface area contributed by atoms with E-state index in [-0.39, 0.29) is 5.41 Å². The number of aromatic nitrogens is 5. The molecule has 7 nitrogen and oxygen atoms in total. The molecule has 2 aromatic carbocycles. The van der Waals surface area contributed by atoms with Gasteiger partial charge in [-0.2, -0.15) is 0 Å². The van der Waals surface area contributed by atoms with E-state index in [1.165, 1.54) is 49.7 Å². The summed E-state index contributed by atoms with van der Waals surface area (Å²) < 4.78 is 7.99. The van der Waals surface area contributed by atoms with Gasteiger partial charge in [0.2, 0.25) is 0 Å². The Kier molecular flexibility index (Phi) is 6.16. The molecule has 1 saturated heterocycles. The Morgan fingerprint density at radius 2 is 1.79 bits per heavy atom. The van der Waals surface area contributed by atoms with Crippen molar-refractivity contribution in [3.8, 4) is 17.1 Å². The third-order valence-corrected chi connectivity index (χ3v) is 9.08. The summed E-state index contributed by atoms with van der Waals surface area (Å²) in [5.41, 5.74) is 4.88. The summed E-state index contributed by atoms with van der Waals surface area (Å²) in [6.45, 7) is 2.37. The van der Waals surface area contributed by atoms with Crippen molar-refractivity contribution < 1.29 is 4.74 Å². The van der Waals surface area contributed by atoms with Crippen LogP contribution in [-0.2, 0) is 18.6 Å². The van der Waals surface area contributed by atoms with Crippen LogP contribution in [-0.4, -0.2) is 37.8 Å². The second-order valence-electron chi connectivity index (χ2n) is 11.2. The molecule has 1 aliphatic heterocycles. The van der Waals surface area contributed by atoms with Gasteiger partial charge in [0.05, 0.1) is 12.2 Å². The molecule has 3 heterocycles. The molecule has 2 aliphatic carbocycles. The minimum Gasteiger partial charge on any atom is -0.487 e. The Bertz CT molecular complexity index is 1360. The van der Waals surface area contributed by atoms with Crippen molar-refractivity contribution in [2.24, 2.45) is 11.8 Å². The van der Waals surface area contributed by atoms with E-state index < -0.39 is 0 Å². The summed E-state index contributed by atoms with van der Waals surface area (Å²) in [4.78, 5) is 4.37. The van der Waals surface area contributed by atoms with Crippen LogP contribution in [0.15, 0.2) is 72.9 Å². The Hall–Kier alpha value is -3.58. The summed E-state index contributed by atoms with van der Waals surface area (Å²) in [7, 11) is 0. The number of hydrogen-bond donors (Lipinski definition) is 1. The van der Waals surface area contributed by atoms with E-state index in [2.05, 4.69) is 74.4 Å². The van der Waals surface area contributed by atoms with Gasteiger partial charge in [0, 0.05) is 23.2 Å². The van der Waals surface area contributed by atoms with Gasteiger partial charge in [-0.15, -0.1) is 5.10 Å². The molecular weight excluding hydrogens is 472 g/mol. The van der Waals surface area contributed by atoms with Crippen molar-refractivity contribution in [2.75, 3.05) is 6.54 Å². The third-order valence-electron chi connectivity index (χ3n) is 9.08. The lowest BCUT2D eigenvalue weighted by Gasteiger charge is -2.39. The predicted molar refractivity (Wildman–Crippen MR) is 146 cm³/mol. The number of fused-ring (bicyclic) bond motifs is 2. The van der Waals surface area contributed by atoms with Crippen LogP contribution in [0.25, 0.3) is 11.4 Å². The third kappa shape index (κ3) is 4.29. The number of tetrazole rings is 1. The summed E-state index contributed by atoms with van der Waals surface area (Å²) in [5, 5.41) is 16.2. The lowest BCUT2D eigenvalue weighted by Crippen LogP contribution is -2.34. The fraction of sp³-hybridized carbons (Fsp3) is 0.419. The molecule has 7 rings (SSSR count). The van der Waals surface area contributed by atoms with Gasteiger partial charge in [-0.25, -0.2) is 4.68 Å². The molecule has 4 atom stereocenters. The topological polar surface area (TPSA) is 77.8 Å². The molecule has 4 aromatic rings. The SMILES string of the molecule is c1ccc(COc2ccc([C@@]3(c4ccc(-c5nnnn5C[C@H]5CCCN5)cc4)C[C@@H]4CC[C@H]3C4)cc2)nc1. The first-order chi connectivity index (χ1) is 18.8. The maximum Gasteiger partial charge on any atom is 0.182 e. The van der Waals surface area contributed by atoms with Crippen LogP contribution in [0, 0.1) is 11.8 Å². The highest BCUT2D eigenvalue weighted by molar-refractivity contribution is 5.57. The van der Waals surface area contributed by atoms with Crippen LogP contribution >= 0.6 is 0 Å². The minimum absolute atomic E-state index is 0.0562. The molecule has 1 N–H and O–H groups in total. The molecule has 0 spiro atoms. The van der Waals surface area contributed by atoms with Crippen molar-refractivity contribution in [2.45, 2.75) is 63.1 Å². The lowest BCUT2D eigenvalue weighted by atomic mass is 9.64. The van der Waals surface area contributed by atoms with E-state index in [0.29, 0.717) is 18.6 Å². The summed E-state index contributed by atoms with van der Waals surface area (Å²) >= 11 is 0. The summed E-state index contributed by atoms with van der Waals surface area (Å²) in [6, 6.07) is 24.3. The van der Waals surface area contributed by atoms with Gasteiger partial charge >= 0.3 is 0 Å². The monoisotopic (exact) mass is 506 g/mol. The Morgan fingerprint density at radius 1 is 0.947 bits per heavy atom. The van der Waals surface area contributed by atoms with Gasteiger partial charge < -0.3 is 10.1 Å². The Balaban J connectivity index is 1.15. The van der Waals surface area contributed by atoms with E-state index in [1.54, 1.807) is 6.20 Å². The molecule has 3 fully saturated rings. The van der Waals surface area contributed by atoms with Gasteiger partial charge in [-0.05, 0) is 96.3 Å². The number of rotatable bonds is 8. The van der Waals surface area contributed by atoms with Crippen molar-refractivity contribution in [1.29, 1.82) is 0 Å². The molecule has 2 aromatic heterocycles. The zero-order chi connectivity index (χ0) is 25.4. The van der Waals surface area contributed by atoms with E-state index in [4.69, 9.17) is 4.74 Å². The number of nitrogens with one attached hydrogen (secondary N) is 1. The van der Waals surface area contributed by atoms with Gasteiger partial charge in [0.15, 0.2) is 5.82 Å². The van der Waals surface area contributed by atoms with Crippen LogP contribution in [0.1, 0.15) is 55.3 Å². The standard InChI is InChI=1S/C31H34N6O/c1-2-16-33-28(4-1)21-38-29-14-12-25(13-15-29)31(19-22-6-9-26(31)18-22)24-10-7-23(8-11-24)30-34-35-36-37(30)20-27-5-3-17-32-27/h1-2,4,7-8,10-16,22,26-27,32H,3,5-6,9,17-21H2/t22-,26+,27-,31+/m1/s1. The van der Waals surface area contributed by atoms with Gasteiger partial charge in [-0.1, -0.05) is 48.9 Å². The van der Waals surface area contributed by atoms with Crippen LogP contribution < -0.4 is 10.1 Å². The fourth-order valence-corrected chi connectivity index (χ4v) is 7.27. The molecule has 3 aliphatic rings.